The summed E-state index contributed by atoms with van der Waals surface area (Å²) >= 11 is 0. The smallest absolute Gasteiger partial charge is 0.306 e. The van der Waals surface area contributed by atoms with Crippen LogP contribution in [0, 0.1) is 0 Å². The van der Waals surface area contributed by atoms with Crippen LogP contribution >= 0.6 is 0 Å². The van der Waals surface area contributed by atoms with Crippen molar-refractivity contribution < 1.29 is 28.6 Å². The van der Waals surface area contributed by atoms with E-state index < -0.39 is 6.10 Å². The highest BCUT2D eigenvalue weighted by molar-refractivity contribution is 5.71. The lowest BCUT2D eigenvalue weighted by Gasteiger charge is -2.18. The number of allylic oxidation sites excluding steroid dienone is 26. The monoisotopic (exact) mass is 1130 g/mol. The summed E-state index contributed by atoms with van der Waals surface area (Å²) in [7, 11) is 0. The standard InChI is InChI=1S/C76H122O6/c1-4-7-10-13-16-19-22-24-26-28-30-32-33-34-35-36-37-38-39-40-41-42-43-45-46-48-50-52-54-57-60-63-66-69-75(78)81-72-73(71-80-74(77)68-65-62-59-56-21-18-15-12-9-6-3)82-76(79)70-67-64-61-58-55-53-51-49-47-44-31-29-27-25-23-20-17-14-11-8-5-2/h7-8,10-12,15-17,19-20,24-27,30-32,34-35,37-38,40-41,43-45,73H,4-6,9,13-14,18,21-23,28-29,33,36,39,42,46-72H2,1-3H3/b10-7-,11-8-,15-12-,19-16-,20-17-,26-24-,27-25-,32-30-,35-34-,38-37-,41-40-,44-31-,45-43-. The van der Waals surface area contributed by atoms with Gasteiger partial charge in [0.25, 0.3) is 0 Å². The molecule has 0 aromatic rings. The van der Waals surface area contributed by atoms with E-state index in [0.717, 1.165) is 167 Å². The Hall–Kier alpha value is -4.97. The summed E-state index contributed by atoms with van der Waals surface area (Å²) in [5.74, 6) is -0.921. The molecule has 462 valence electrons. The Morgan fingerprint density at radius 3 is 0.756 bits per heavy atom. The van der Waals surface area contributed by atoms with E-state index in [2.05, 4.69) is 179 Å². The van der Waals surface area contributed by atoms with Crippen LogP contribution in [0.3, 0.4) is 0 Å². The molecule has 0 amide bonds. The predicted molar refractivity (Wildman–Crippen MR) is 357 cm³/mol. The van der Waals surface area contributed by atoms with Gasteiger partial charge in [0.1, 0.15) is 13.2 Å². The Morgan fingerprint density at radius 2 is 0.476 bits per heavy atom. The van der Waals surface area contributed by atoms with Crippen molar-refractivity contribution in [3.05, 3.63) is 158 Å². The van der Waals surface area contributed by atoms with Crippen molar-refractivity contribution in [1.29, 1.82) is 0 Å². The van der Waals surface area contributed by atoms with E-state index >= 15 is 0 Å². The van der Waals surface area contributed by atoms with Crippen LogP contribution in [0.4, 0.5) is 0 Å². The second-order valence-corrected chi connectivity index (χ2v) is 21.6. The molecular weight excluding hydrogens is 1010 g/mol. The Kier molecular flexibility index (Phi) is 64.4. The molecule has 82 heavy (non-hydrogen) atoms. The SMILES string of the molecule is CC/C=C\C/C=C\C/C=C\C/C=C\C/C=C\C/C=C\C/C=C\C/C=C\CCCCCCCCCCC(=O)OCC(COC(=O)CCCCCCC/C=C\CCC)OC(=O)CCCCCCCCCC/C=C\C/C=C\C/C=C\C/C=C\CC. The quantitative estimate of drug-likeness (QED) is 0.0261. The van der Waals surface area contributed by atoms with Gasteiger partial charge in [-0.1, -0.05) is 281 Å². The molecule has 6 heteroatoms. The van der Waals surface area contributed by atoms with Gasteiger partial charge >= 0.3 is 17.9 Å². The summed E-state index contributed by atoms with van der Waals surface area (Å²) in [5, 5.41) is 0. The fourth-order valence-corrected chi connectivity index (χ4v) is 8.80. The minimum absolute atomic E-state index is 0.0931. The molecule has 0 aliphatic carbocycles. The molecule has 0 saturated heterocycles. The van der Waals surface area contributed by atoms with Crippen molar-refractivity contribution >= 4 is 17.9 Å². The second-order valence-electron chi connectivity index (χ2n) is 21.6. The number of hydrogen-bond acceptors (Lipinski definition) is 6. The van der Waals surface area contributed by atoms with E-state index in [4.69, 9.17) is 14.2 Å². The van der Waals surface area contributed by atoms with Crippen LogP contribution in [-0.4, -0.2) is 37.2 Å². The Morgan fingerprint density at radius 1 is 0.256 bits per heavy atom. The molecule has 0 heterocycles. The third kappa shape index (κ3) is 65.8. The molecule has 0 radical (unpaired) electrons. The second kappa shape index (κ2) is 68.5. The molecule has 1 unspecified atom stereocenters. The zero-order chi connectivity index (χ0) is 59.2. The predicted octanol–water partition coefficient (Wildman–Crippen LogP) is 23.3. The normalized spacial score (nSPS) is 13.2. The maximum Gasteiger partial charge on any atom is 0.306 e. The van der Waals surface area contributed by atoms with Crippen LogP contribution in [0.1, 0.15) is 284 Å². The number of rotatable bonds is 59. The van der Waals surface area contributed by atoms with E-state index in [1.807, 2.05) is 0 Å². The van der Waals surface area contributed by atoms with Gasteiger partial charge in [-0.25, -0.2) is 0 Å². The summed E-state index contributed by atoms with van der Waals surface area (Å²) < 4.78 is 16.9. The highest BCUT2D eigenvalue weighted by atomic mass is 16.6. The lowest BCUT2D eigenvalue weighted by molar-refractivity contribution is -0.167. The Bertz CT molecular complexity index is 1830. The third-order valence-corrected chi connectivity index (χ3v) is 13.7. The maximum absolute atomic E-state index is 12.9. The summed E-state index contributed by atoms with van der Waals surface area (Å²) in [6.07, 6.45) is 99.8. The summed E-state index contributed by atoms with van der Waals surface area (Å²) in [4.78, 5) is 38.3. The largest absolute Gasteiger partial charge is 0.462 e. The Labute approximate surface area is 505 Å². The van der Waals surface area contributed by atoms with Gasteiger partial charge in [-0.3, -0.25) is 14.4 Å². The van der Waals surface area contributed by atoms with Gasteiger partial charge < -0.3 is 14.2 Å². The fourth-order valence-electron chi connectivity index (χ4n) is 8.80. The number of hydrogen-bond donors (Lipinski definition) is 0. The van der Waals surface area contributed by atoms with Gasteiger partial charge in [-0.05, 0) is 141 Å². The molecule has 0 aliphatic rings. The van der Waals surface area contributed by atoms with Gasteiger partial charge in [0, 0.05) is 19.3 Å². The molecule has 0 aromatic heterocycles. The van der Waals surface area contributed by atoms with Gasteiger partial charge in [-0.2, -0.15) is 0 Å². The first-order valence-electron chi connectivity index (χ1n) is 33.5. The molecule has 0 aliphatic heterocycles. The lowest BCUT2D eigenvalue weighted by Crippen LogP contribution is -2.30. The van der Waals surface area contributed by atoms with Crippen molar-refractivity contribution in [2.24, 2.45) is 0 Å². The third-order valence-electron chi connectivity index (χ3n) is 13.7. The molecule has 0 aromatic carbocycles. The van der Waals surface area contributed by atoms with Gasteiger partial charge in [0.05, 0.1) is 0 Å². The fraction of sp³-hybridized carbons (Fsp3) is 0.618. The van der Waals surface area contributed by atoms with Crippen LogP contribution in [0.5, 0.6) is 0 Å². The maximum atomic E-state index is 12.9. The minimum Gasteiger partial charge on any atom is -0.462 e. The average Bonchev–Trinajstić information content (AvgIpc) is 3.48. The molecule has 0 spiro atoms. The van der Waals surface area contributed by atoms with E-state index in [9.17, 15) is 14.4 Å². The molecule has 0 fully saturated rings. The van der Waals surface area contributed by atoms with Crippen molar-refractivity contribution in [1.82, 2.24) is 0 Å². The van der Waals surface area contributed by atoms with Crippen LogP contribution in [-0.2, 0) is 28.6 Å². The van der Waals surface area contributed by atoms with E-state index in [1.165, 1.54) is 77.0 Å². The molecule has 0 saturated carbocycles. The molecule has 0 rings (SSSR count). The van der Waals surface area contributed by atoms with E-state index in [1.54, 1.807) is 0 Å². The number of carbonyl (C=O) groups is 3. The van der Waals surface area contributed by atoms with Crippen LogP contribution in [0.2, 0.25) is 0 Å². The zero-order valence-electron chi connectivity index (χ0n) is 52.9. The van der Waals surface area contributed by atoms with Crippen LogP contribution in [0.25, 0.3) is 0 Å². The van der Waals surface area contributed by atoms with Crippen LogP contribution in [0.15, 0.2) is 158 Å². The lowest BCUT2D eigenvalue weighted by atomic mass is 10.1. The van der Waals surface area contributed by atoms with Crippen molar-refractivity contribution in [2.45, 2.75) is 290 Å². The minimum atomic E-state index is -0.797. The molecule has 0 N–H and O–H groups in total. The molecule has 1 atom stereocenters. The van der Waals surface area contributed by atoms with Crippen molar-refractivity contribution in [3.63, 3.8) is 0 Å². The first-order chi connectivity index (χ1) is 40.5. The molecule has 6 nitrogen and oxygen atoms in total. The number of ether oxygens (including phenoxy) is 3. The highest BCUT2D eigenvalue weighted by Gasteiger charge is 2.19. The van der Waals surface area contributed by atoms with Crippen molar-refractivity contribution in [2.75, 3.05) is 13.2 Å². The first kappa shape index (κ1) is 77.0. The van der Waals surface area contributed by atoms with Crippen LogP contribution < -0.4 is 0 Å². The molecular formula is C76H122O6. The summed E-state index contributed by atoms with van der Waals surface area (Å²) in [6, 6.07) is 0. The van der Waals surface area contributed by atoms with E-state index in [0.29, 0.717) is 19.3 Å². The zero-order valence-corrected chi connectivity index (χ0v) is 52.9. The first-order valence-corrected chi connectivity index (χ1v) is 33.5. The Balaban J connectivity index is 4.27. The number of esters is 3. The van der Waals surface area contributed by atoms with Crippen molar-refractivity contribution in [3.8, 4) is 0 Å². The van der Waals surface area contributed by atoms with E-state index in [-0.39, 0.29) is 31.1 Å². The van der Waals surface area contributed by atoms with Gasteiger partial charge in [0.2, 0.25) is 0 Å². The summed E-state index contributed by atoms with van der Waals surface area (Å²) in [5.41, 5.74) is 0. The van der Waals surface area contributed by atoms with Gasteiger partial charge in [-0.15, -0.1) is 0 Å². The number of unbranched alkanes of at least 4 members (excludes halogenated alkanes) is 22. The molecule has 0 bridgehead atoms. The van der Waals surface area contributed by atoms with Gasteiger partial charge in [0.15, 0.2) is 6.10 Å². The highest BCUT2D eigenvalue weighted by Crippen LogP contribution is 2.15. The summed E-state index contributed by atoms with van der Waals surface area (Å²) in [6.45, 7) is 6.33. The topological polar surface area (TPSA) is 78.9 Å². The number of carbonyl (C=O) groups excluding carboxylic acids is 3. The average molecular weight is 1130 g/mol.